The number of nitrogens with zero attached hydrogens (tertiary/aromatic N) is 2. The number of aromatic nitrogens is 3. The van der Waals surface area contributed by atoms with E-state index < -0.39 is 0 Å². The van der Waals surface area contributed by atoms with E-state index in [0.717, 1.165) is 35.9 Å². The quantitative estimate of drug-likeness (QED) is 0.649. The molecule has 6 rings (SSSR count). The largest absolute Gasteiger partial charge is 0.456 e. The van der Waals surface area contributed by atoms with E-state index in [0.29, 0.717) is 35.6 Å². The second-order valence-corrected chi connectivity index (χ2v) is 8.81. The van der Waals surface area contributed by atoms with Gasteiger partial charge < -0.3 is 24.3 Å². The molecule has 8 heteroatoms. The van der Waals surface area contributed by atoms with Crippen LogP contribution in [0.1, 0.15) is 24.8 Å². The van der Waals surface area contributed by atoms with Crippen LogP contribution in [-0.4, -0.2) is 58.2 Å². The van der Waals surface area contributed by atoms with Gasteiger partial charge in [-0.3, -0.25) is 0 Å². The minimum atomic E-state index is -0.179. The van der Waals surface area contributed by atoms with Crippen LogP contribution in [0.5, 0.6) is 6.01 Å². The molecule has 156 valence electrons. The number of nitrogens with one attached hydrogen (secondary N) is 1. The van der Waals surface area contributed by atoms with Crippen LogP contribution < -0.4 is 4.74 Å². The molecule has 0 amide bonds. The fourth-order valence-corrected chi connectivity index (χ4v) is 4.76. The Kier molecular flexibility index (Phi) is 4.28. The molecule has 4 heterocycles. The van der Waals surface area contributed by atoms with Crippen LogP contribution in [0, 0.1) is 0 Å². The Morgan fingerprint density at radius 3 is 2.80 bits per heavy atom. The van der Waals surface area contributed by atoms with Gasteiger partial charge >= 0.3 is 0 Å². The highest BCUT2D eigenvalue weighted by Gasteiger charge is 2.44. The number of pyridine rings is 1. The molecule has 3 aromatic rings. The van der Waals surface area contributed by atoms with Crippen molar-refractivity contribution in [1.82, 2.24) is 15.0 Å². The molecule has 1 aliphatic carbocycles. The van der Waals surface area contributed by atoms with Gasteiger partial charge in [0.2, 0.25) is 0 Å². The summed E-state index contributed by atoms with van der Waals surface area (Å²) in [7, 11) is 0. The molecule has 1 saturated carbocycles. The first-order chi connectivity index (χ1) is 14.6. The van der Waals surface area contributed by atoms with Crippen molar-refractivity contribution in [3.63, 3.8) is 0 Å². The van der Waals surface area contributed by atoms with Crippen molar-refractivity contribution in [2.75, 3.05) is 19.8 Å². The van der Waals surface area contributed by atoms with Gasteiger partial charge in [0.15, 0.2) is 11.8 Å². The monoisotopic (exact) mass is 427 g/mol. The number of halogens is 1. The van der Waals surface area contributed by atoms with Crippen LogP contribution in [-0.2, 0) is 14.9 Å². The number of benzene rings is 1. The van der Waals surface area contributed by atoms with Gasteiger partial charge in [0.1, 0.15) is 6.10 Å². The predicted molar refractivity (Wildman–Crippen MR) is 111 cm³/mol. The fraction of sp³-hybridized carbons (Fsp3) is 0.455. The molecule has 2 aromatic heterocycles. The number of fused-ring (bicyclic) bond motifs is 2. The van der Waals surface area contributed by atoms with E-state index in [1.165, 1.54) is 0 Å². The third-order valence-corrected chi connectivity index (χ3v) is 6.80. The first-order valence-corrected chi connectivity index (χ1v) is 10.7. The van der Waals surface area contributed by atoms with Crippen molar-refractivity contribution >= 4 is 22.8 Å². The Morgan fingerprint density at radius 2 is 2.03 bits per heavy atom. The standard InChI is InChI=1S/C22H22ClN3O4/c23-14-9-15-20(26-21(24-15)30-17-10-29-16-5-8-28-19(16)17)25-18(14)12-1-3-13(4-2-12)22(11-27)6-7-22/h1-4,9,16-17,19,27H,5-8,10-11H2,(H,24,25,26)/t16-,17?,19+/m1/s1. The number of aliphatic hydroxyl groups excluding tert-OH is 1. The molecule has 0 radical (unpaired) electrons. The van der Waals surface area contributed by atoms with Gasteiger partial charge in [0.25, 0.3) is 6.01 Å². The molecular weight excluding hydrogens is 406 g/mol. The maximum atomic E-state index is 9.64. The Balaban J connectivity index is 1.27. The summed E-state index contributed by atoms with van der Waals surface area (Å²) in [6.45, 7) is 1.38. The molecule has 30 heavy (non-hydrogen) atoms. The zero-order valence-corrected chi connectivity index (χ0v) is 17.1. The molecule has 0 bridgehead atoms. The number of imidazole rings is 1. The second-order valence-electron chi connectivity index (χ2n) is 8.40. The number of aliphatic hydroxyl groups is 1. The Labute approximate surface area is 178 Å². The summed E-state index contributed by atoms with van der Waals surface area (Å²) >= 11 is 6.53. The van der Waals surface area contributed by atoms with Gasteiger partial charge in [-0.1, -0.05) is 35.9 Å². The predicted octanol–water partition coefficient (Wildman–Crippen LogP) is 3.24. The third kappa shape index (κ3) is 3.00. The van der Waals surface area contributed by atoms with Gasteiger partial charge in [0.05, 0.1) is 35.6 Å². The number of H-pyrrole nitrogens is 1. The maximum absolute atomic E-state index is 9.64. The summed E-state index contributed by atoms with van der Waals surface area (Å²) in [5.41, 5.74) is 3.95. The van der Waals surface area contributed by atoms with Gasteiger partial charge in [0, 0.05) is 17.6 Å². The topological polar surface area (TPSA) is 89.5 Å². The highest BCUT2D eigenvalue weighted by molar-refractivity contribution is 6.33. The van der Waals surface area contributed by atoms with Crippen LogP contribution in [0.4, 0.5) is 0 Å². The zero-order valence-electron chi connectivity index (χ0n) is 16.3. The Bertz CT molecular complexity index is 1100. The van der Waals surface area contributed by atoms with E-state index in [1.807, 2.05) is 18.2 Å². The SMILES string of the molecule is OCC1(c2ccc(-c3nc4nc(OC5CO[C@@H]6CCO[C@H]56)[nH]c4cc3Cl)cc2)CC1. The molecule has 7 nitrogen and oxygen atoms in total. The lowest BCUT2D eigenvalue weighted by molar-refractivity contribution is 0.0273. The lowest BCUT2D eigenvalue weighted by Crippen LogP contribution is -2.32. The number of hydrogen-bond acceptors (Lipinski definition) is 6. The van der Waals surface area contributed by atoms with E-state index >= 15 is 0 Å². The molecule has 1 aromatic carbocycles. The summed E-state index contributed by atoms with van der Waals surface area (Å²) < 4.78 is 17.5. The minimum Gasteiger partial charge on any atom is -0.456 e. The van der Waals surface area contributed by atoms with E-state index in [9.17, 15) is 5.11 Å². The smallest absolute Gasteiger partial charge is 0.296 e. The van der Waals surface area contributed by atoms with E-state index in [2.05, 4.69) is 27.1 Å². The van der Waals surface area contributed by atoms with Crippen LogP contribution >= 0.6 is 11.6 Å². The molecular formula is C22H22ClN3O4. The molecule has 2 aliphatic heterocycles. The first-order valence-electron chi connectivity index (χ1n) is 10.3. The average Bonchev–Trinajstić information content (AvgIpc) is 3.06. The highest BCUT2D eigenvalue weighted by Crippen LogP contribution is 2.48. The van der Waals surface area contributed by atoms with E-state index in [-0.39, 0.29) is 30.3 Å². The second kappa shape index (κ2) is 6.92. The number of aromatic amines is 1. The van der Waals surface area contributed by atoms with Crippen LogP contribution in [0.15, 0.2) is 30.3 Å². The average molecular weight is 428 g/mol. The lowest BCUT2D eigenvalue weighted by atomic mass is 9.95. The summed E-state index contributed by atoms with van der Waals surface area (Å²) in [5.74, 6) is 0. The number of rotatable bonds is 5. The third-order valence-electron chi connectivity index (χ3n) is 6.51. The molecule has 3 atom stereocenters. The summed E-state index contributed by atoms with van der Waals surface area (Å²) in [6.07, 6.45) is 2.86. The van der Waals surface area contributed by atoms with Gasteiger partial charge in [-0.25, -0.2) is 4.98 Å². The van der Waals surface area contributed by atoms with Crippen LogP contribution in [0.25, 0.3) is 22.4 Å². The Morgan fingerprint density at radius 1 is 1.20 bits per heavy atom. The number of ether oxygens (including phenoxy) is 3. The number of hydrogen-bond donors (Lipinski definition) is 2. The van der Waals surface area contributed by atoms with Gasteiger partial charge in [-0.2, -0.15) is 4.98 Å². The van der Waals surface area contributed by atoms with Gasteiger partial charge in [-0.05, 0) is 30.9 Å². The van der Waals surface area contributed by atoms with E-state index in [4.69, 9.17) is 25.8 Å². The summed E-state index contributed by atoms with van der Waals surface area (Å²) in [5, 5.41) is 10.2. The van der Waals surface area contributed by atoms with Crippen molar-refractivity contribution < 1.29 is 19.3 Å². The first kappa shape index (κ1) is 18.6. The summed E-state index contributed by atoms with van der Waals surface area (Å²) in [4.78, 5) is 12.3. The maximum Gasteiger partial charge on any atom is 0.296 e. The molecule has 0 spiro atoms. The molecule has 1 unspecified atom stereocenters. The zero-order chi connectivity index (χ0) is 20.3. The molecule has 2 N–H and O–H groups in total. The fourth-order valence-electron chi connectivity index (χ4n) is 4.50. The lowest BCUT2D eigenvalue weighted by Gasteiger charge is -2.15. The molecule has 2 saturated heterocycles. The van der Waals surface area contributed by atoms with Crippen molar-refractivity contribution in [2.45, 2.75) is 43.0 Å². The molecule has 3 aliphatic rings. The molecule has 3 fully saturated rings. The van der Waals surface area contributed by atoms with E-state index in [1.54, 1.807) is 0 Å². The van der Waals surface area contributed by atoms with Crippen molar-refractivity contribution in [3.05, 3.63) is 40.9 Å². The van der Waals surface area contributed by atoms with Crippen molar-refractivity contribution in [2.24, 2.45) is 0 Å². The highest BCUT2D eigenvalue weighted by atomic mass is 35.5. The Hall–Kier alpha value is -2.19. The van der Waals surface area contributed by atoms with Crippen molar-refractivity contribution in [3.8, 4) is 17.3 Å². The van der Waals surface area contributed by atoms with Crippen molar-refractivity contribution in [1.29, 1.82) is 0 Å². The van der Waals surface area contributed by atoms with Gasteiger partial charge in [-0.15, -0.1) is 0 Å². The normalized spacial score (nSPS) is 26.8. The van der Waals surface area contributed by atoms with Crippen LogP contribution in [0.2, 0.25) is 5.02 Å². The summed E-state index contributed by atoms with van der Waals surface area (Å²) in [6, 6.07) is 10.3. The van der Waals surface area contributed by atoms with Crippen LogP contribution in [0.3, 0.4) is 0 Å². The minimum absolute atomic E-state index is 0.0440.